The first-order valence-electron chi connectivity index (χ1n) is 10.2. The summed E-state index contributed by atoms with van der Waals surface area (Å²) >= 11 is 2.47. The van der Waals surface area contributed by atoms with Gasteiger partial charge in [-0.15, -0.1) is 16.9 Å². The van der Waals surface area contributed by atoms with E-state index in [4.69, 9.17) is 4.74 Å². The molecule has 2 aromatic rings. The lowest BCUT2D eigenvalue weighted by atomic mass is 9.98. The first-order chi connectivity index (χ1) is 16.7. The minimum Gasteiger partial charge on any atom is -0.477 e. The number of carboxylic acids is 1. The molecule has 0 unspecified atom stereocenters. The van der Waals surface area contributed by atoms with Crippen LogP contribution in [0.2, 0.25) is 0 Å². The Bertz CT molecular complexity index is 1310. The van der Waals surface area contributed by atoms with Crippen molar-refractivity contribution in [1.29, 1.82) is 0 Å². The molecule has 1 aromatic heterocycles. The van der Waals surface area contributed by atoms with Gasteiger partial charge in [0.1, 0.15) is 11.1 Å². The monoisotopic (exact) mass is 538 g/mol. The number of tetrazole rings is 1. The molecule has 0 spiro atoms. The summed E-state index contributed by atoms with van der Waals surface area (Å²) in [6.07, 6.45) is 2.74. The molecule has 0 radical (unpaired) electrons. The van der Waals surface area contributed by atoms with Crippen LogP contribution in [-0.4, -0.2) is 84.5 Å². The van der Waals surface area contributed by atoms with Gasteiger partial charge in [-0.2, -0.15) is 0 Å². The van der Waals surface area contributed by atoms with Crippen LogP contribution in [0.5, 0.6) is 0 Å². The lowest BCUT2D eigenvalue weighted by molar-refractivity contribution is -0.202. The van der Waals surface area contributed by atoms with Gasteiger partial charge in [-0.1, -0.05) is 36.0 Å². The van der Waals surface area contributed by atoms with E-state index in [1.807, 2.05) is 0 Å². The van der Waals surface area contributed by atoms with Crippen LogP contribution >= 0.6 is 23.5 Å². The second-order valence-corrected chi connectivity index (χ2v) is 11.3. The third-order valence-electron chi connectivity index (χ3n) is 5.47. The van der Waals surface area contributed by atoms with E-state index in [2.05, 4.69) is 15.5 Å². The maximum absolute atomic E-state index is 13.6. The molecule has 186 valence electrons. The van der Waals surface area contributed by atoms with Crippen molar-refractivity contribution in [1.82, 2.24) is 29.4 Å². The van der Waals surface area contributed by atoms with E-state index in [0.29, 0.717) is 10.7 Å². The first-order valence-corrected chi connectivity index (χ1v) is 13.7. The highest BCUT2D eigenvalue weighted by Crippen LogP contribution is 2.51. The van der Waals surface area contributed by atoms with Gasteiger partial charge in [-0.3, -0.25) is 9.69 Å². The van der Waals surface area contributed by atoms with Crippen LogP contribution in [0.25, 0.3) is 0 Å². The summed E-state index contributed by atoms with van der Waals surface area (Å²) in [5.41, 5.74) is -1.64. The number of ether oxygens (including phenoxy) is 1. The van der Waals surface area contributed by atoms with E-state index < -0.39 is 33.0 Å². The Morgan fingerprint density at radius 1 is 1.40 bits per heavy atom. The van der Waals surface area contributed by atoms with Crippen molar-refractivity contribution in [3.05, 3.63) is 53.9 Å². The standard InChI is InChI=1S/C20H22N6O6S3/c1-4-10-25(35(30,31)14-8-6-5-7-9-14)20(32-3)17(29)26-15(16(27)28)13(11-33-18(20)26)12-34-19-21-22-23-24(19)2/h4-10,18H,11-12H2,1-3H3,(H,27,28)/b10-4-/t18-,20+/m1/s1. The predicted octanol–water partition coefficient (Wildman–Crippen LogP) is 1.12. The zero-order valence-corrected chi connectivity index (χ0v) is 21.4. The zero-order chi connectivity index (χ0) is 25.4. The van der Waals surface area contributed by atoms with Crippen molar-refractivity contribution in [3.8, 4) is 0 Å². The summed E-state index contributed by atoms with van der Waals surface area (Å²) in [7, 11) is -1.30. The number of thioether (sulfide) groups is 2. The topological polar surface area (TPSA) is 148 Å². The third-order valence-corrected chi connectivity index (χ3v) is 9.70. The van der Waals surface area contributed by atoms with E-state index in [0.717, 1.165) is 9.21 Å². The number of hydrogen-bond acceptors (Lipinski definition) is 10. The number of amides is 1. The van der Waals surface area contributed by atoms with Crippen molar-refractivity contribution >= 4 is 45.4 Å². The molecule has 1 amide bonds. The fraction of sp³-hybridized carbons (Fsp3) is 0.350. The Balaban J connectivity index is 1.72. The molecular formula is C20H22N6O6S3. The molecule has 0 saturated carbocycles. The minimum absolute atomic E-state index is 0.0232. The smallest absolute Gasteiger partial charge is 0.352 e. The fourth-order valence-electron chi connectivity index (χ4n) is 3.87. The molecule has 0 aliphatic carbocycles. The molecule has 2 aliphatic heterocycles. The highest BCUT2D eigenvalue weighted by molar-refractivity contribution is 8.01. The molecule has 2 atom stereocenters. The van der Waals surface area contributed by atoms with Crippen molar-refractivity contribution in [2.45, 2.75) is 28.1 Å². The number of rotatable bonds is 9. The van der Waals surface area contributed by atoms with Crippen molar-refractivity contribution < 1.29 is 27.9 Å². The number of fused-ring (bicyclic) bond motifs is 1. The normalized spacial score (nSPS) is 22.3. The second-order valence-electron chi connectivity index (χ2n) is 7.47. The maximum atomic E-state index is 13.6. The van der Waals surface area contributed by atoms with Crippen LogP contribution in [0.3, 0.4) is 0 Å². The average Bonchev–Trinajstić information content (AvgIpc) is 3.27. The van der Waals surface area contributed by atoms with Gasteiger partial charge in [0.25, 0.3) is 21.7 Å². The van der Waals surface area contributed by atoms with Gasteiger partial charge in [-0.25, -0.2) is 22.2 Å². The molecule has 2 aliphatic rings. The first kappa shape index (κ1) is 25.2. The predicted molar refractivity (Wildman–Crippen MR) is 127 cm³/mol. The van der Waals surface area contributed by atoms with Crippen LogP contribution in [0.1, 0.15) is 6.92 Å². The van der Waals surface area contributed by atoms with Gasteiger partial charge < -0.3 is 9.84 Å². The lowest BCUT2D eigenvalue weighted by Crippen LogP contribution is -2.80. The largest absolute Gasteiger partial charge is 0.477 e. The van der Waals surface area contributed by atoms with Crippen molar-refractivity contribution in [3.63, 3.8) is 0 Å². The Morgan fingerprint density at radius 3 is 2.69 bits per heavy atom. The molecule has 1 fully saturated rings. The van der Waals surface area contributed by atoms with Gasteiger partial charge in [-0.05, 0) is 35.1 Å². The van der Waals surface area contributed by atoms with Crippen molar-refractivity contribution in [2.75, 3.05) is 18.6 Å². The number of β-lactam (4-membered cyclic amide) rings is 1. The van der Waals surface area contributed by atoms with Crippen LogP contribution in [0.15, 0.2) is 63.9 Å². The van der Waals surface area contributed by atoms with E-state index in [-0.39, 0.29) is 22.1 Å². The summed E-state index contributed by atoms with van der Waals surface area (Å²) in [5.74, 6) is -1.59. The third kappa shape index (κ3) is 4.01. The van der Waals surface area contributed by atoms with Gasteiger partial charge in [0.15, 0.2) is 0 Å². The van der Waals surface area contributed by atoms with E-state index in [1.54, 1.807) is 32.2 Å². The molecule has 3 heterocycles. The molecule has 12 nitrogen and oxygen atoms in total. The Morgan fingerprint density at radius 2 is 2.11 bits per heavy atom. The highest BCUT2D eigenvalue weighted by atomic mass is 32.2. The molecular weight excluding hydrogens is 516 g/mol. The van der Waals surface area contributed by atoms with Crippen molar-refractivity contribution in [2.24, 2.45) is 7.05 Å². The number of aryl methyl sites for hydroxylation is 1. The average molecular weight is 539 g/mol. The summed E-state index contributed by atoms with van der Waals surface area (Å²) in [5, 5.41) is 20.7. The van der Waals surface area contributed by atoms with Crippen LogP contribution < -0.4 is 0 Å². The lowest BCUT2D eigenvalue weighted by Gasteiger charge is -2.58. The number of carboxylic acid groups (broad SMARTS) is 1. The number of aromatic nitrogens is 4. The van der Waals surface area contributed by atoms with Crippen LogP contribution in [0.4, 0.5) is 0 Å². The van der Waals surface area contributed by atoms with E-state index in [1.165, 1.54) is 59.7 Å². The molecule has 1 N–H and O–H groups in total. The highest BCUT2D eigenvalue weighted by Gasteiger charge is 2.70. The van der Waals surface area contributed by atoms with Gasteiger partial charge in [0.05, 0.1) is 4.90 Å². The number of sulfonamides is 1. The number of nitrogens with zero attached hydrogens (tertiary/aromatic N) is 6. The summed E-state index contributed by atoms with van der Waals surface area (Å²) in [6, 6.07) is 7.67. The molecule has 1 saturated heterocycles. The molecule has 4 rings (SSSR count). The number of methoxy groups -OCH3 is 1. The van der Waals surface area contributed by atoms with Gasteiger partial charge >= 0.3 is 5.97 Å². The SMILES string of the molecule is C/C=C\N([C@]1(OC)C(=O)N2C(C(=O)O)=C(CSc3nnnn3C)CS[C@@H]21)S(=O)(=O)c1ccccc1. The molecule has 35 heavy (non-hydrogen) atoms. The number of carbonyl (C=O) groups excluding carboxylic acids is 1. The molecule has 15 heteroatoms. The summed E-state index contributed by atoms with van der Waals surface area (Å²) in [4.78, 5) is 26.9. The van der Waals surface area contributed by atoms with Gasteiger partial charge in [0, 0.05) is 31.9 Å². The van der Waals surface area contributed by atoms with Crippen LogP contribution in [-0.2, 0) is 31.4 Å². The Kier molecular flexibility index (Phi) is 6.95. The number of hydrogen-bond donors (Lipinski definition) is 1. The quantitative estimate of drug-likeness (QED) is 0.278. The summed E-state index contributed by atoms with van der Waals surface area (Å²) < 4.78 is 35.0. The molecule has 1 aromatic carbocycles. The minimum atomic E-state index is -4.21. The van der Waals surface area contributed by atoms with Gasteiger partial charge in [0.2, 0.25) is 5.16 Å². The van der Waals surface area contributed by atoms with Crippen LogP contribution in [0, 0.1) is 0 Å². The number of aliphatic carboxylic acids is 1. The second kappa shape index (κ2) is 9.64. The Labute approximate surface area is 210 Å². The maximum Gasteiger partial charge on any atom is 0.352 e. The number of allylic oxidation sites excluding steroid dienone is 1. The fourth-order valence-corrected chi connectivity index (χ4v) is 8.03. The number of benzene rings is 1. The van der Waals surface area contributed by atoms with E-state index in [9.17, 15) is 23.1 Å². The molecule has 0 bridgehead atoms. The summed E-state index contributed by atoms with van der Waals surface area (Å²) in [6.45, 7) is 1.62. The number of carbonyl (C=O) groups is 2. The zero-order valence-electron chi connectivity index (χ0n) is 18.9. The Hall–Kier alpha value is -2.88. The van der Waals surface area contributed by atoms with E-state index >= 15 is 0 Å².